The Balaban J connectivity index is 1.56. The minimum atomic E-state index is -3.03. The first-order valence-electron chi connectivity index (χ1n) is 11.4. The van der Waals surface area contributed by atoms with E-state index >= 15 is 4.39 Å². The largest absolute Gasteiger partial charge is 0.618 e. The van der Waals surface area contributed by atoms with Crippen LogP contribution in [0.1, 0.15) is 18.2 Å². The van der Waals surface area contributed by atoms with Gasteiger partial charge in [0, 0.05) is 36.0 Å². The highest BCUT2D eigenvalue weighted by atomic mass is 35.5. The molecule has 5 rings (SSSR count). The first-order chi connectivity index (χ1) is 19.2. The summed E-state index contributed by atoms with van der Waals surface area (Å²) in [5.41, 5.74) is 0.669. The molecule has 0 fully saturated rings. The van der Waals surface area contributed by atoms with E-state index in [1.807, 2.05) is 0 Å². The smallest absolute Gasteiger partial charge is 0.345 e. The predicted molar refractivity (Wildman–Crippen MR) is 134 cm³/mol. The summed E-state index contributed by atoms with van der Waals surface area (Å²) in [4.78, 5) is 3.68. The van der Waals surface area contributed by atoms with E-state index in [0.29, 0.717) is 4.73 Å². The van der Waals surface area contributed by atoms with Gasteiger partial charge >= 0.3 is 6.61 Å². The molecule has 4 heterocycles. The maximum Gasteiger partial charge on any atom is 0.345 e. The number of halogens is 6. The van der Waals surface area contributed by atoms with Gasteiger partial charge in [-0.05, 0) is 28.6 Å². The number of aromatic nitrogens is 8. The fraction of sp³-hybridized carbons (Fsp3) is 0.167. The lowest BCUT2D eigenvalue weighted by Crippen LogP contribution is -2.36. The molecule has 0 radical (unpaired) electrons. The molecule has 0 spiro atoms. The van der Waals surface area contributed by atoms with Gasteiger partial charge in [0.1, 0.15) is 12.4 Å². The lowest BCUT2D eigenvalue weighted by atomic mass is 10.0. The summed E-state index contributed by atoms with van der Waals surface area (Å²) in [6.45, 7) is -3.47. The second kappa shape index (κ2) is 11.5. The minimum absolute atomic E-state index is 0.0299. The minimum Gasteiger partial charge on any atom is -0.618 e. The van der Waals surface area contributed by atoms with Crippen molar-refractivity contribution >= 4 is 23.2 Å². The second-order valence-electron chi connectivity index (χ2n) is 8.30. The van der Waals surface area contributed by atoms with E-state index in [1.54, 1.807) is 0 Å². The molecule has 0 aliphatic heterocycles. The highest BCUT2D eigenvalue weighted by Gasteiger charge is 2.27. The highest BCUT2D eigenvalue weighted by molar-refractivity contribution is 6.33. The maximum absolute atomic E-state index is 15.2. The van der Waals surface area contributed by atoms with Crippen LogP contribution in [-0.4, -0.2) is 48.2 Å². The van der Waals surface area contributed by atoms with Gasteiger partial charge in [-0.25, -0.2) is 8.78 Å². The van der Waals surface area contributed by atoms with Crippen LogP contribution in [0.15, 0.2) is 61.6 Å². The molecule has 0 bridgehead atoms. The van der Waals surface area contributed by atoms with E-state index in [9.17, 15) is 18.4 Å². The molecular weight excluding hydrogens is 579 g/mol. The van der Waals surface area contributed by atoms with Gasteiger partial charge in [-0.1, -0.05) is 23.2 Å². The van der Waals surface area contributed by atoms with Crippen molar-refractivity contribution in [2.24, 2.45) is 0 Å². The Morgan fingerprint density at radius 3 is 2.52 bits per heavy atom. The molecule has 0 saturated carbocycles. The summed E-state index contributed by atoms with van der Waals surface area (Å²) >= 11 is 12.1. The first kappa shape index (κ1) is 27.4. The Labute approximate surface area is 232 Å². The summed E-state index contributed by atoms with van der Waals surface area (Å²) < 4.78 is 62.4. The van der Waals surface area contributed by atoms with E-state index in [4.69, 9.17) is 23.2 Å². The average molecular weight is 595 g/mol. The number of hydrogen-bond acceptors (Lipinski definition) is 7. The van der Waals surface area contributed by atoms with E-state index < -0.39 is 30.9 Å². The third kappa shape index (κ3) is 5.46. The molecule has 0 aliphatic rings. The highest BCUT2D eigenvalue weighted by Crippen LogP contribution is 2.34. The lowest BCUT2D eigenvalue weighted by molar-refractivity contribution is -0.615. The molecule has 0 aliphatic carbocycles. The molecule has 0 amide bonds. The number of hydrogen-bond donors (Lipinski definition) is 0. The molecule has 5 aromatic rings. The van der Waals surface area contributed by atoms with Crippen LogP contribution in [0.3, 0.4) is 0 Å². The van der Waals surface area contributed by atoms with E-state index in [0.717, 1.165) is 12.4 Å². The van der Waals surface area contributed by atoms with Crippen LogP contribution in [0.5, 0.6) is 0 Å². The van der Waals surface area contributed by atoms with Crippen LogP contribution in [0, 0.1) is 16.8 Å². The Morgan fingerprint density at radius 1 is 1.00 bits per heavy atom. The summed E-state index contributed by atoms with van der Waals surface area (Å²) in [5.74, 6) is -1.51. The van der Waals surface area contributed by atoms with Gasteiger partial charge in [0.15, 0.2) is 17.8 Å². The van der Waals surface area contributed by atoms with Gasteiger partial charge in [-0.3, -0.25) is 9.67 Å². The van der Waals surface area contributed by atoms with Crippen molar-refractivity contribution < 1.29 is 27.0 Å². The van der Waals surface area contributed by atoms with Crippen molar-refractivity contribution in [2.45, 2.75) is 19.1 Å². The molecule has 40 heavy (non-hydrogen) atoms. The number of ether oxygens (including phenoxy) is 1. The first-order valence-corrected chi connectivity index (χ1v) is 12.2. The second-order valence-corrected chi connectivity index (χ2v) is 9.12. The molecule has 1 atom stereocenters. The molecule has 0 N–H and O–H groups in total. The SMILES string of the molecule is [O-][n+]1cc(-c2c(-n3cnnn3)ccc(Cl)c2F)ccc1[C@@H](CCOC(F)F)n1cc(-c2c(F)cncc2Cl)cn1. The molecule has 206 valence electrons. The van der Waals surface area contributed by atoms with Crippen molar-refractivity contribution in [1.82, 2.24) is 35.0 Å². The summed E-state index contributed by atoms with van der Waals surface area (Å²) in [5, 5.41) is 28.2. The predicted octanol–water partition coefficient (Wildman–Crippen LogP) is 5.02. The van der Waals surface area contributed by atoms with Crippen molar-refractivity contribution in [3.05, 3.63) is 94.2 Å². The zero-order valence-electron chi connectivity index (χ0n) is 20.0. The van der Waals surface area contributed by atoms with E-state index in [2.05, 4.69) is 30.3 Å². The van der Waals surface area contributed by atoms with Crippen molar-refractivity contribution in [2.75, 3.05) is 6.61 Å². The van der Waals surface area contributed by atoms with Gasteiger partial charge in [-0.2, -0.15) is 23.3 Å². The average Bonchev–Trinajstić information content (AvgIpc) is 3.61. The molecular formula is C24H16Cl2F4N8O2. The number of benzene rings is 1. The normalized spacial score (nSPS) is 12.3. The quantitative estimate of drug-likeness (QED) is 0.134. The van der Waals surface area contributed by atoms with Gasteiger partial charge in [0.05, 0.1) is 45.9 Å². The molecule has 0 unspecified atom stereocenters. The van der Waals surface area contributed by atoms with Crippen LogP contribution < -0.4 is 4.73 Å². The Bertz CT molecular complexity index is 1630. The fourth-order valence-electron chi connectivity index (χ4n) is 4.19. The third-order valence-corrected chi connectivity index (χ3v) is 6.52. The zero-order chi connectivity index (χ0) is 28.4. The van der Waals surface area contributed by atoms with Gasteiger partial charge < -0.3 is 9.94 Å². The summed E-state index contributed by atoms with van der Waals surface area (Å²) in [7, 11) is 0. The number of tetrazole rings is 1. The van der Waals surface area contributed by atoms with Crippen molar-refractivity contribution in [3.63, 3.8) is 0 Å². The Kier molecular flexibility index (Phi) is 7.91. The molecule has 4 aromatic heterocycles. The standard InChI is InChI=1S/C24H16Cl2F4N8O2/c25-15-2-4-20(37-12-32-34-35-37)22(23(15)28)13-1-3-19(38(39)11-13)18(5-6-40-24(29)30)36-10-14(7-33-36)21-16(26)8-31-9-17(21)27/h1-4,7-12,18,24H,5-6H2/t18-/m1/s1. The summed E-state index contributed by atoms with van der Waals surface area (Å²) in [6.07, 6.45) is 7.21. The number of pyridine rings is 2. The van der Waals surface area contributed by atoms with Crippen LogP contribution in [0.2, 0.25) is 10.0 Å². The molecule has 16 heteroatoms. The Hall–Kier alpha value is -4.14. The van der Waals surface area contributed by atoms with Crippen LogP contribution in [0.25, 0.3) is 27.9 Å². The number of alkyl halides is 2. The molecule has 1 aromatic carbocycles. The molecule has 10 nitrogen and oxygen atoms in total. The monoisotopic (exact) mass is 594 g/mol. The third-order valence-electron chi connectivity index (χ3n) is 5.94. The lowest BCUT2D eigenvalue weighted by Gasteiger charge is -2.18. The number of nitrogens with zero attached hydrogens (tertiary/aromatic N) is 8. The van der Waals surface area contributed by atoms with Crippen LogP contribution in [0.4, 0.5) is 17.6 Å². The van der Waals surface area contributed by atoms with Gasteiger partial charge in [0.25, 0.3) is 0 Å². The Morgan fingerprint density at radius 2 is 1.82 bits per heavy atom. The van der Waals surface area contributed by atoms with Crippen LogP contribution >= 0.6 is 23.2 Å². The van der Waals surface area contributed by atoms with E-state index in [1.165, 1.54) is 58.5 Å². The fourth-order valence-corrected chi connectivity index (χ4v) is 4.60. The molecule has 0 saturated heterocycles. The van der Waals surface area contributed by atoms with Crippen molar-refractivity contribution in [3.8, 4) is 27.9 Å². The van der Waals surface area contributed by atoms with E-state index in [-0.39, 0.29) is 50.1 Å². The van der Waals surface area contributed by atoms with Gasteiger partial charge in [0.2, 0.25) is 5.69 Å². The van der Waals surface area contributed by atoms with Gasteiger partial charge in [-0.15, -0.1) is 5.10 Å². The topological polar surface area (TPSA) is 110 Å². The zero-order valence-corrected chi connectivity index (χ0v) is 21.5. The van der Waals surface area contributed by atoms with Crippen molar-refractivity contribution in [1.29, 1.82) is 0 Å². The van der Waals surface area contributed by atoms with Crippen LogP contribution in [-0.2, 0) is 4.74 Å². The summed E-state index contributed by atoms with van der Waals surface area (Å²) in [6, 6.07) is 4.71. The number of rotatable bonds is 9. The maximum atomic E-state index is 15.2.